The first-order valence-corrected chi connectivity index (χ1v) is 12.8. The summed E-state index contributed by atoms with van der Waals surface area (Å²) in [5.41, 5.74) is 1.39. The molecule has 1 saturated heterocycles. The second kappa shape index (κ2) is 11.1. The van der Waals surface area contributed by atoms with Crippen molar-refractivity contribution in [3.63, 3.8) is 0 Å². The topological polar surface area (TPSA) is 73.2 Å². The van der Waals surface area contributed by atoms with Crippen LogP contribution in [-0.2, 0) is 0 Å². The van der Waals surface area contributed by atoms with Crippen LogP contribution in [0.2, 0.25) is 0 Å². The van der Waals surface area contributed by atoms with Crippen LogP contribution in [0.1, 0.15) is 43.0 Å². The van der Waals surface area contributed by atoms with Crippen LogP contribution < -0.4 is 19.5 Å². The Morgan fingerprint density at radius 3 is 2.71 bits per heavy atom. The Labute approximate surface area is 218 Å². The van der Waals surface area contributed by atoms with Crippen LogP contribution in [-0.4, -0.2) is 62.5 Å². The van der Waals surface area contributed by atoms with E-state index >= 15 is 0 Å². The summed E-state index contributed by atoms with van der Waals surface area (Å²) in [6, 6.07) is 8.24. The first kappa shape index (κ1) is 26.2. The minimum absolute atomic E-state index is 0.0213. The number of hydrogen-bond donors (Lipinski definition) is 1. The van der Waals surface area contributed by atoms with Crippen molar-refractivity contribution in [1.29, 1.82) is 0 Å². The van der Waals surface area contributed by atoms with Gasteiger partial charge in [-0.3, -0.25) is 9.69 Å². The zero-order chi connectivity index (χ0) is 26.8. The van der Waals surface area contributed by atoms with Crippen molar-refractivity contribution in [2.45, 2.75) is 57.5 Å². The highest BCUT2D eigenvalue weighted by Gasteiger charge is 2.40. The molecule has 1 saturated carbocycles. The first-order valence-electron chi connectivity index (χ1n) is 12.8. The Hall–Kier alpha value is -3.40. The van der Waals surface area contributed by atoms with Crippen molar-refractivity contribution in [2.24, 2.45) is 0 Å². The fourth-order valence-corrected chi connectivity index (χ4v) is 4.97. The number of methoxy groups -OCH3 is 1. The molecule has 3 aromatic rings. The number of nitrogens with zero attached hydrogens (tertiary/aromatic N) is 1. The van der Waals surface area contributed by atoms with Gasteiger partial charge in [0, 0.05) is 36.0 Å². The van der Waals surface area contributed by atoms with E-state index in [0.29, 0.717) is 35.1 Å². The molecule has 1 amide bonds. The van der Waals surface area contributed by atoms with Gasteiger partial charge in [-0.15, -0.1) is 0 Å². The molecular weight excluding hydrogens is 501 g/mol. The number of carbonyl (C=O) groups is 1. The molecule has 2 heterocycles. The van der Waals surface area contributed by atoms with Crippen LogP contribution in [0.25, 0.3) is 22.1 Å². The molecular formula is C28H31F3N2O5. The number of piperidine rings is 1. The maximum Gasteiger partial charge on any atom is 0.387 e. The summed E-state index contributed by atoms with van der Waals surface area (Å²) in [5.74, 6) is -0.426. The van der Waals surface area contributed by atoms with E-state index in [-0.39, 0.29) is 23.5 Å². The Morgan fingerprint density at radius 1 is 1.21 bits per heavy atom. The van der Waals surface area contributed by atoms with Gasteiger partial charge >= 0.3 is 6.61 Å². The Balaban J connectivity index is 1.38. The third-order valence-corrected chi connectivity index (χ3v) is 7.20. The number of halogens is 3. The van der Waals surface area contributed by atoms with Crippen molar-refractivity contribution in [1.82, 2.24) is 10.2 Å². The standard InChI is InChI=1S/C28H31F3N2O5/c1-16-5-3-4-8-33(16)9-10-36-18-6-7-19-20(15-37-23(19)13-18)17-11-24(35-2)26(25(12-17)38-28(30)31)27(34)32-22-14-21(22)29/h6-7,11-13,15-16,21-22,28H,3-5,8-10,14H2,1-2H3,(H,32,34)/t16-,21-,22+/m0/s1. The minimum atomic E-state index is -3.18. The van der Waals surface area contributed by atoms with Gasteiger partial charge in [0.1, 0.15) is 41.2 Å². The summed E-state index contributed by atoms with van der Waals surface area (Å²) in [6.07, 6.45) is 4.23. The maximum absolute atomic E-state index is 13.3. The van der Waals surface area contributed by atoms with Crippen molar-refractivity contribution in [3.8, 4) is 28.4 Å². The molecule has 1 N–H and O–H groups in total. The van der Waals surface area contributed by atoms with Gasteiger partial charge in [0.05, 0.1) is 19.4 Å². The number of ether oxygens (including phenoxy) is 3. The normalized spacial score (nSPS) is 21.5. The van der Waals surface area contributed by atoms with Gasteiger partial charge in [-0.25, -0.2) is 4.39 Å². The van der Waals surface area contributed by atoms with Crippen molar-refractivity contribution in [2.75, 3.05) is 26.8 Å². The molecule has 7 nitrogen and oxygen atoms in total. The minimum Gasteiger partial charge on any atom is -0.496 e. The quantitative estimate of drug-likeness (QED) is 0.356. The largest absolute Gasteiger partial charge is 0.496 e. The van der Waals surface area contributed by atoms with Crippen molar-refractivity contribution >= 4 is 16.9 Å². The molecule has 0 spiro atoms. The highest BCUT2D eigenvalue weighted by Crippen LogP contribution is 2.40. The Bertz CT molecular complexity index is 1300. The van der Waals surface area contributed by atoms with Gasteiger partial charge in [-0.2, -0.15) is 8.78 Å². The van der Waals surface area contributed by atoms with E-state index in [2.05, 4.69) is 21.9 Å². The molecule has 2 fully saturated rings. The van der Waals surface area contributed by atoms with Gasteiger partial charge in [0.2, 0.25) is 0 Å². The number of likely N-dealkylation sites (tertiary alicyclic amines) is 1. The number of nitrogens with one attached hydrogen (secondary N) is 1. The lowest BCUT2D eigenvalue weighted by Crippen LogP contribution is -2.39. The predicted octanol–water partition coefficient (Wildman–Crippen LogP) is 5.80. The Kier molecular flexibility index (Phi) is 7.69. The van der Waals surface area contributed by atoms with E-state index in [1.807, 2.05) is 12.1 Å². The number of benzene rings is 2. The summed E-state index contributed by atoms with van der Waals surface area (Å²) in [5, 5.41) is 3.21. The third kappa shape index (κ3) is 5.70. The lowest BCUT2D eigenvalue weighted by Gasteiger charge is -2.33. The van der Waals surface area contributed by atoms with Crippen LogP contribution in [0.15, 0.2) is 41.0 Å². The van der Waals surface area contributed by atoms with Gasteiger partial charge in [0.25, 0.3) is 5.91 Å². The van der Waals surface area contributed by atoms with E-state index < -0.39 is 24.7 Å². The number of alkyl halides is 3. The van der Waals surface area contributed by atoms with E-state index in [0.717, 1.165) is 18.5 Å². The lowest BCUT2D eigenvalue weighted by atomic mass is 10.0. The molecule has 0 radical (unpaired) electrons. The smallest absolute Gasteiger partial charge is 0.387 e. The number of furan rings is 1. The lowest BCUT2D eigenvalue weighted by molar-refractivity contribution is -0.0502. The second-order valence-electron chi connectivity index (χ2n) is 9.80. The van der Waals surface area contributed by atoms with Crippen molar-refractivity contribution in [3.05, 3.63) is 42.2 Å². The number of amides is 1. The third-order valence-electron chi connectivity index (χ3n) is 7.20. The zero-order valence-electron chi connectivity index (χ0n) is 21.3. The van der Waals surface area contributed by atoms with Gasteiger partial charge in [-0.05, 0) is 56.1 Å². The highest BCUT2D eigenvalue weighted by atomic mass is 19.3. The molecule has 10 heteroatoms. The monoisotopic (exact) mass is 532 g/mol. The van der Waals surface area contributed by atoms with Gasteiger partial charge in [0.15, 0.2) is 0 Å². The molecule has 2 aromatic carbocycles. The molecule has 3 atom stereocenters. The molecule has 0 bridgehead atoms. The number of carbonyl (C=O) groups excluding carboxylic acids is 1. The molecule has 0 unspecified atom stereocenters. The zero-order valence-corrected chi connectivity index (χ0v) is 21.3. The van der Waals surface area contributed by atoms with Gasteiger partial charge < -0.3 is 23.9 Å². The van der Waals surface area contributed by atoms with Gasteiger partial charge in [-0.1, -0.05) is 6.42 Å². The molecule has 2 aliphatic rings. The predicted molar refractivity (Wildman–Crippen MR) is 136 cm³/mol. The fraction of sp³-hybridized carbons (Fsp3) is 0.464. The number of hydrogen-bond acceptors (Lipinski definition) is 6. The average molecular weight is 533 g/mol. The van der Waals surface area contributed by atoms with Crippen LogP contribution >= 0.6 is 0 Å². The Morgan fingerprint density at radius 2 is 2.00 bits per heavy atom. The molecule has 1 aliphatic carbocycles. The summed E-state index contributed by atoms with van der Waals surface area (Å²) >= 11 is 0. The summed E-state index contributed by atoms with van der Waals surface area (Å²) in [4.78, 5) is 15.2. The molecule has 1 aromatic heterocycles. The van der Waals surface area contributed by atoms with Crippen LogP contribution in [0.4, 0.5) is 13.2 Å². The van der Waals surface area contributed by atoms with Crippen molar-refractivity contribution < 1.29 is 36.6 Å². The van der Waals surface area contributed by atoms with Crippen LogP contribution in [0, 0.1) is 0 Å². The molecule has 1 aliphatic heterocycles. The first-order chi connectivity index (χ1) is 18.3. The SMILES string of the molecule is COc1cc(-c2coc3cc(OCCN4CCCC[C@@H]4C)ccc23)cc(OC(F)F)c1C(=O)N[C@@H]1C[C@@H]1F. The highest BCUT2D eigenvalue weighted by molar-refractivity contribution is 6.02. The van der Waals surface area contributed by atoms with E-state index in [1.54, 1.807) is 12.1 Å². The fourth-order valence-electron chi connectivity index (χ4n) is 4.97. The number of fused-ring (bicyclic) bond motifs is 1. The van der Waals surface area contributed by atoms with E-state index in [1.165, 1.54) is 38.7 Å². The second-order valence-corrected chi connectivity index (χ2v) is 9.80. The summed E-state index contributed by atoms with van der Waals surface area (Å²) in [6.45, 7) is 1.56. The van der Waals surface area contributed by atoms with Crippen LogP contribution in [0.3, 0.4) is 0 Å². The molecule has 38 heavy (non-hydrogen) atoms. The molecule has 5 rings (SSSR count). The molecule has 204 valence electrons. The average Bonchev–Trinajstić information content (AvgIpc) is 3.41. The van der Waals surface area contributed by atoms with Crippen LogP contribution in [0.5, 0.6) is 17.2 Å². The summed E-state index contributed by atoms with van der Waals surface area (Å²) in [7, 11) is 1.32. The summed E-state index contributed by atoms with van der Waals surface area (Å²) < 4.78 is 61.6. The van der Waals surface area contributed by atoms with E-state index in [4.69, 9.17) is 13.9 Å². The van der Waals surface area contributed by atoms with E-state index in [9.17, 15) is 18.0 Å². The maximum atomic E-state index is 13.3. The number of rotatable bonds is 10.